The van der Waals surface area contributed by atoms with Crippen molar-refractivity contribution in [3.8, 4) is 11.5 Å². The Morgan fingerprint density at radius 1 is 1.24 bits per heavy atom. The van der Waals surface area contributed by atoms with Gasteiger partial charge in [-0.25, -0.2) is 4.98 Å². The number of aromatic hydroxyl groups is 1. The molecule has 2 amide bonds. The minimum absolute atomic E-state index is 0.0104. The minimum Gasteiger partial charge on any atom is -0.508 e. The zero-order valence-corrected chi connectivity index (χ0v) is 19.4. The summed E-state index contributed by atoms with van der Waals surface area (Å²) >= 11 is 0. The number of phenolic OH excluding ortho intramolecular Hbond substituents is 1. The van der Waals surface area contributed by atoms with Crippen molar-refractivity contribution in [1.29, 1.82) is 0 Å². The highest BCUT2D eigenvalue weighted by Gasteiger charge is 2.29. The molecule has 0 bridgehead atoms. The summed E-state index contributed by atoms with van der Waals surface area (Å²) < 4.78 is 10.5. The van der Waals surface area contributed by atoms with Crippen molar-refractivity contribution in [2.45, 2.75) is 25.5 Å². The number of hydrogen-bond acceptors (Lipinski definition) is 6. The number of carbonyl (C=O) groups is 2. The number of para-hydroxylation sites is 1. The number of aromatic amines is 1. The molecule has 2 aromatic carbocycles. The molecular formula is C25H30N4O5. The van der Waals surface area contributed by atoms with Crippen LogP contribution in [0.3, 0.4) is 0 Å². The number of imidazole rings is 1. The van der Waals surface area contributed by atoms with Gasteiger partial charge >= 0.3 is 0 Å². The Labute approximate surface area is 198 Å². The van der Waals surface area contributed by atoms with Gasteiger partial charge < -0.3 is 29.4 Å². The molecule has 1 saturated heterocycles. The highest BCUT2D eigenvalue weighted by Crippen LogP contribution is 2.29. The van der Waals surface area contributed by atoms with Crippen LogP contribution in [0.15, 0.2) is 61.2 Å². The topological polar surface area (TPSA) is 108 Å². The standard InChI is InChI=1S/C22H26N2O5.C3H4N2/c1-28-14-16-5-3-4-6-20(16)24(15-25)17-9-11-23(12-10-17)22(27)19-8-7-18(26)13-21(19)29-2;1-2-5-3-4-1/h3-8,13,15,17,26H,9-12,14H2,1-2H3;1-3H,(H,4,5). The van der Waals surface area contributed by atoms with Gasteiger partial charge in [0.05, 0.1) is 25.6 Å². The van der Waals surface area contributed by atoms with Gasteiger partial charge in [0, 0.05) is 56.0 Å². The number of carbonyl (C=O) groups excluding carboxylic acids is 2. The first kappa shape index (κ1) is 24.8. The fourth-order valence-electron chi connectivity index (χ4n) is 3.97. The Balaban J connectivity index is 0.000000574. The van der Waals surface area contributed by atoms with Crippen LogP contribution in [0.5, 0.6) is 11.5 Å². The first-order valence-electron chi connectivity index (χ1n) is 11.0. The quantitative estimate of drug-likeness (QED) is 0.518. The number of ether oxygens (including phenoxy) is 2. The third-order valence-electron chi connectivity index (χ3n) is 5.65. The molecule has 9 nitrogen and oxygen atoms in total. The van der Waals surface area contributed by atoms with E-state index >= 15 is 0 Å². The molecule has 180 valence electrons. The third kappa shape index (κ3) is 6.14. The number of amides is 2. The number of nitrogens with zero attached hydrogens (tertiary/aromatic N) is 3. The molecule has 3 aromatic rings. The predicted octanol–water partition coefficient (Wildman–Crippen LogP) is 3.22. The summed E-state index contributed by atoms with van der Waals surface area (Å²) in [5.74, 6) is 0.256. The molecule has 2 N–H and O–H groups in total. The lowest BCUT2D eigenvalue weighted by atomic mass is 10.0. The Morgan fingerprint density at radius 2 is 2.00 bits per heavy atom. The van der Waals surface area contributed by atoms with Crippen molar-refractivity contribution in [2.75, 3.05) is 32.2 Å². The van der Waals surface area contributed by atoms with Crippen molar-refractivity contribution >= 4 is 18.0 Å². The van der Waals surface area contributed by atoms with Gasteiger partial charge in [-0.15, -0.1) is 0 Å². The van der Waals surface area contributed by atoms with E-state index in [-0.39, 0.29) is 17.7 Å². The zero-order chi connectivity index (χ0) is 24.3. The number of phenols is 1. The van der Waals surface area contributed by atoms with Crippen LogP contribution in [0.1, 0.15) is 28.8 Å². The van der Waals surface area contributed by atoms with Gasteiger partial charge in [0.15, 0.2) is 0 Å². The Kier molecular flexibility index (Phi) is 9.04. The van der Waals surface area contributed by atoms with E-state index in [4.69, 9.17) is 9.47 Å². The van der Waals surface area contributed by atoms with Crippen molar-refractivity contribution in [1.82, 2.24) is 14.9 Å². The number of benzene rings is 2. The van der Waals surface area contributed by atoms with Crippen LogP contribution in [0.25, 0.3) is 0 Å². The van der Waals surface area contributed by atoms with Crippen molar-refractivity contribution < 1.29 is 24.2 Å². The maximum absolute atomic E-state index is 12.9. The molecule has 0 radical (unpaired) electrons. The Morgan fingerprint density at radius 3 is 2.59 bits per heavy atom. The van der Waals surface area contributed by atoms with Crippen molar-refractivity contribution in [3.05, 3.63) is 72.3 Å². The minimum atomic E-state index is -0.141. The van der Waals surface area contributed by atoms with Crippen LogP contribution in [-0.4, -0.2) is 65.6 Å². The van der Waals surface area contributed by atoms with Gasteiger partial charge in [-0.3, -0.25) is 9.59 Å². The smallest absolute Gasteiger partial charge is 0.257 e. The second-order valence-electron chi connectivity index (χ2n) is 7.74. The summed E-state index contributed by atoms with van der Waals surface area (Å²) in [5, 5.41) is 9.60. The van der Waals surface area contributed by atoms with Gasteiger partial charge in [0.1, 0.15) is 11.5 Å². The molecule has 0 aliphatic carbocycles. The SMILES string of the molecule is COCc1ccccc1N(C=O)C1CCN(C(=O)c2ccc(O)cc2OC)CC1.c1c[nH]cn1. The summed E-state index contributed by atoms with van der Waals surface area (Å²) in [6, 6.07) is 12.2. The maximum atomic E-state index is 12.9. The highest BCUT2D eigenvalue weighted by atomic mass is 16.5. The lowest BCUT2D eigenvalue weighted by Gasteiger charge is -2.37. The second kappa shape index (κ2) is 12.4. The number of methoxy groups -OCH3 is 2. The molecule has 1 fully saturated rings. The highest BCUT2D eigenvalue weighted by molar-refractivity contribution is 5.97. The molecule has 1 aromatic heterocycles. The predicted molar refractivity (Wildman–Crippen MR) is 128 cm³/mol. The van der Waals surface area contributed by atoms with E-state index < -0.39 is 0 Å². The third-order valence-corrected chi connectivity index (χ3v) is 5.65. The molecule has 1 aliphatic heterocycles. The summed E-state index contributed by atoms with van der Waals surface area (Å²) in [6.45, 7) is 1.49. The fourth-order valence-corrected chi connectivity index (χ4v) is 3.97. The first-order valence-corrected chi connectivity index (χ1v) is 11.0. The number of anilines is 1. The lowest BCUT2D eigenvalue weighted by molar-refractivity contribution is -0.108. The average Bonchev–Trinajstić information content (AvgIpc) is 3.46. The lowest BCUT2D eigenvalue weighted by Crippen LogP contribution is -2.46. The zero-order valence-electron chi connectivity index (χ0n) is 19.4. The summed E-state index contributed by atoms with van der Waals surface area (Å²) in [4.78, 5) is 34.7. The maximum Gasteiger partial charge on any atom is 0.257 e. The Bertz CT molecular complexity index is 1030. The van der Waals surface area contributed by atoms with Crippen molar-refractivity contribution in [2.24, 2.45) is 0 Å². The molecule has 2 heterocycles. The van der Waals surface area contributed by atoms with Gasteiger partial charge in [-0.2, -0.15) is 0 Å². The second-order valence-corrected chi connectivity index (χ2v) is 7.74. The summed E-state index contributed by atoms with van der Waals surface area (Å²) in [6.07, 6.45) is 7.29. The van der Waals surface area contributed by atoms with Crippen LogP contribution in [-0.2, 0) is 16.1 Å². The number of piperidine rings is 1. The van der Waals surface area contributed by atoms with Gasteiger partial charge in [-0.1, -0.05) is 18.2 Å². The van der Waals surface area contributed by atoms with E-state index in [0.717, 1.165) is 17.7 Å². The van der Waals surface area contributed by atoms with E-state index in [1.54, 1.807) is 41.7 Å². The molecule has 0 spiro atoms. The number of H-pyrrole nitrogens is 1. The summed E-state index contributed by atoms with van der Waals surface area (Å²) in [7, 11) is 3.10. The number of rotatable bonds is 7. The van der Waals surface area contributed by atoms with Crippen LogP contribution in [0.2, 0.25) is 0 Å². The fraction of sp³-hybridized carbons (Fsp3) is 0.320. The molecule has 4 rings (SSSR count). The van der Waals surface area contributed by atoms with Gasteiger partial charge in [0.2, 0.25) is 6.41 Å². The number of hydrogen-bond donors (Lipinski definition) is 2. The van der Waals surface area contributed by atoms with Gasteiger partial charge in [0.25, 0.3) is 5.91 Å². The molecular weight excluding hydrogens is 436 g/mol. The average molecular weight is 467 g/mol. The van der Waals surface area contributed by atoms with E-state index in [9.17, 15) is 14.7 Å². The van der Waals surface area contributed by atoms with Crippen LogP contribution < -0.4 is 9.64 Å². The monoisotopic (exact) mass is 466 g/mol. The largest absolute Gasteiger partial charge is 0.508 e. The number of nitrogens with one attached hydrogen (secondary N) is 1. The van der Waals surface area contributed by atoms with E-state index in [1.807, 2.05) is 24.3 Å². The molecule has 0 unspecified atom stereocenters. The number of likely N-dealkylation sites (tertiary alicyclic amines) is 1. The van der Waals surface area contributed by atoms with Crippen LogP contribution in [0.4, 0.5) is 5.69 Å². The van der Waals surface area contributed by atoms with Crippen LogP contribution in [0, 0.1) is 0 Å². The van der Waals surface area contributed by atoms with Crippen molar-refractivity contribution in [3.63, 3.8) is 0 Å². The Hall–Kier alpha value is -3.85. The number of aromatic nitrogens is 2. The molecule has 9 heteroatoms. The first-order chi connectivity index (χ1) is 16.6. The molecule has 34 heavy (non-hydrogen) atoms. The van der Waals surface area contributed by atoms with Crippen LogP contribution >= 0.6 is 0 Å². The summed E-state index contributed by atoms with van der Waals surface area (Å²) in [5.41, 5.74) is 2.21. The molecule has 0 atom stereocenters. The van der Waals surface area contributed by atoms with E-state index in [1.165, 1.54) is 19.2 Å². The van der Waals surface area contributed by atoms with E-state index in [0.29, 0.717) is 43.9 Å². The van der Waals surface area contributed by atoms with Gasteiger partial charge in [-0.05, 0) is 31.0 Å². The molecule has 1 aliphatic rings. The van der Waals surface area contributed by atoms with E-state index in [2.05, 4.69) is 9.97 Å². The normalized spacial score (nSPS) is 13.5. The molecule has 0 saturated carbocycles.